The molecule has 0 fully saturated rings. The molecule has 0 bridgehead atoms. The van der Waals surface area contributed by atoms with Crippen LogP contribution in [-0.4, -0.2) is 33.8 Å². The number of fused-ring (bicyclic) bond motifs is 1. The molecule has 1 aliphatic rings. The van der Waals surface area contributed by atoms with Gasteiger partial charge in [0.05, 0.1) is 23.1 Å². The largest absolute Gasteiger partial charge is 0.432 e. The monoisotopic (exact) mass is 388 g/mol. The number of aromatic nitrogens is 3. The first-order valence-corrected chi connectivity index (χ1v) is 8.55. The molecule has 1 aliphatic heterocycles. The zero-order valence-corrected chi connectivity index (χ0v) is 14.5. The fourth-order valence-electron chi connectivity index (χ4n) is 3.17. The molecule has 1 aromatic carbocycles. The smallest absolute Gasteiger partial charge is 0.387 e. The first kappa shape index (κ1) is 18.0. The third-order valence-electron chi connectivity index (χ3n) is 4.40. The van der Waals surface area contributed by atoms with Crippen molar-refractivity contribution >= 4 is 5.91 Å². The number of carbonyl (C=O) groups excluding carboxylic acids is 1. The first-order chi connectivity index (χ1) is 13.5. The molecule has 28 heavy (non-hydrogen) atoms. The Bertz CT molecular complexity index is 1040. The summed E-state index contributed by atoms with van der Waals surface area (Å²) in [7, 11) is 0. The number of pyridine rings is 1. The topological polar surface area (TPSA) is 69.0 Å². The summed E-state index contributed by atoms with van der Waals surface area (Å²) in [6.07, 6.45) is 4.09. The van der Waals surface area contributed by atoms with Gasteiger partial charge in [-0.1, -0.05) is 6.07 Å². The second kappa shape index (κ2) is 7.34. The molecule has 0 radical (unpaired) electrons. The molecule has 6 nitrogen and oxygen atoms in total. The van der Waals surface area contributed by atoms with Crippen LogP contribution in [-0.2, 0) is 12.8 Å². The van der Waals surface area contributed by atoms with Crippen LogP contribution in [0.4, 0.5) is 13.2 Å². The second-order valence-electron chi connectivity index (χ2n) is 6.25. The van der Waals surface area contributed by atoms with E-state index in [1.54, 1.807) is 23.0 Å². The van der Waals surface area contributed by atoms with E-state index in [2.05, 4.69) is 20.1 Å². The van der Waals surface area contributed by atoms with Gasteiger partial charge in [-0.25, -0.2) is 9.07 Å². The number of halogens is 3. The third-order valence-corrected chi connectivity index (χ3v) is 4.40. The van der Waals surface area contributed by atoms with E-state index in [-0.39, 0.29) is 5.91 Å². The molecule has 0 spiro atoms. The fourth-order valence-corrected chi connectivity index (χ4v) is 3.17. The van der Waals surface area contributed by atoms with Gasteiger partial charge in [0.25, 0.3) is 5.91 Å². The lowest BCUT2D eigenvalue weighted by Gasteiger charge is -2.15. The lowest BCUT2D eigenvalue weighted by atomic mass is 10.1. The van der Waals surface area contributed by atoms with Gasteiger partial charge in [0.2, 0.25) is 0 Å². The minimum absolute atomic E-state index is 0.150. The summed E-state index contributed by atoms with van der Waals surface area (Å²) in [4.78, 5) is 16.2. The minimum atomic E-state index is -3.08. The Morgan fingerprint density at radius 2 is 2.11 bits per heavy atom. The number of rotatable bonds is 5. The number of hydrogen-bond donors (Lipinski definition) is 1. The van der Waals surface area contributed by atoms with Gasteiger partial charge < -0.3 is 10.1 Å². The van der Waals surface area contributed by atoms with E-state index in [9.17, 15) is 18.0 Å². The molecule has 0 unspecified atom stereocenters. The van der Waals surface area contributed by atoms with Crippen molar-refractivity contribution in [1.29, 1.82) is 0 Å². The lowest BCUT2D eigenvalue weighted by molar-refractivity contribution is -0.0522. The summed E-state index contributed by atoms with van der Waals surface area (Å²) in [6.45, 7) is -2.54. The van der Waals surface area contributed by atoms with Gasteiger partial charge in [0.1, 0.15) is 0 Å². The highest BCUT2D eigenvalue weighted by Crippen LogP contribution is 2.23. The molecule has 3 aromatic rings. The highest BCUT2D eigenvalue weighted by molar-refractivity contribution is 5.96. The number of hydrogen-bond acceptors (Lipinski definition) is 4. The van der Waals surface area contributed by atoms with Crippen molar-refractivity contribution in [3.63, 3.8) is 0 Å². The summed E-state index contributed by atoms with van der Waals surface area (Å²) in [5, 5.41) is 7.07. The molecule has 0 aliphatic carbocycles. The van der Waals surface area contributed by atoms with Crippen LogP contribution in [0.15, 0.2) is 42.7 Å². The Morgan fingerprint density at radius 3 is 2.89 bits per heavy atom. The third kappa shape index (κ3) is 3.55. The molecular weight excluding hydrogens is 373 g/mol. The number of carbonyl (C=O) groups is 1. The molecule has 4 rings (SSSR count). The first-order valence-electron chi connectivity index (χ1n) is 8.55. The zero-order valence-electron chi connectivity index (χ0n) is 14.5. The predicted octanol–water partition coefficient (Wildman–Crippen LogP) is 2.88. The molecule has 9 heteroatoms. The lowest BCUT2D eigenvalue weighted by Crippen LogP contribution is -2.32. The molecule has 1 N–H and O–H groups in total. The standard InChI is InChI=1S/C19H15F3N4O2/c20-15-8-11(1-2-17(15)28-19(21)22)7-12-9-13(3-5-23-12)26-16-4-6-24-18(27)14(16)10-25-26/h1-3,5,8-10,19H,4,6-7H2,(H,24,27). The van der Waals surface area contributed by atoms with E-state index in [0.29, 0.717) is 36.2 Å². The van der Waals surface area contributed by atoms with E-state index in [1.807, 2.05) is 0 Å². The van der Waals surface area contributed by atoms with Gasteiger partial charge in [-0.15, -0.1) is 0 Å². The quantitative estimate of drug-likeness (QED) is 0.730. The van der Waals surface area contributed by atoms with Crippen LogP contribution in [0.25, 0.3) is 5.69 Å². The van der Waals surface area contributed by atoms with Crippen LogP contribution >= 0.6 is 0 Å². The van der Waals surface area contributed by atoms with Crippen molar-refractivity contribution < 1.29 is 22.7 Å². The van der Waals surface area contributed by atoms with Crippen LogP contribution in [0.3, 0.4) is 0 Å². The SMILES string of the molecule is O=C1NCCc2c1cnn2-c1ccnc(Cc2ccc(OC(F)F)c(F)c2)c1. The Labute approximate surface area is 158 Å². The van der Waals surface area contributed by atoms with Crippen LogP contribution < -0.4 is 10.1 Å². The molecule has 144 valence electrons. The van der Waals surface area contributed by atoms with Crippen LogP contribution in [0.2, 0.25) is 0 Å². The Balaban J connectivity index is 1.58. The van der Waals surface area contributed by atoms with Gasteiger partial charge >= 0.3 is 6.61 Å². The Hall–Kier alpha value is -3.36. The van der Waals surface area contributed by atoms with Crippen molar-refractivity contribution in [3.8, 4) is 11.4 Å². The Morgan fingerprint density at radius 1 is 1.25 bits per heavy atom. The predicted molar refractivity (Wildman–Crippen MR) is 93.2 cm³/mol. The number of benzene rings is 1. The number of ether oxygens (including phenoxy) is 1. The fraction of sp³-hybridized carbons (Fsp3) is 0.211. The average molecular weight is 388 g/mol. The van der Waals surface area contributed by atoms with E-state index in [0.717, 1.165) is 17.4 Å². The summed E-state index contributed by atoms with van der Waals surface area (Å²) in [5.41, 5.74) is 3.30. The summed E-state index contributed by atoms with van der Waals surface area (Å²) in [5.74, 6) is -1.51. The highest BCUT2D eigenvalue weighted by Gasteiger charge is 2.22. The zero-order chi connectivity index (χ0) is 19.7. The van der Waals surface area contributed by atoms with E-state index < -0.39 is 18.2 Å². The van der Waals surface area contributed by atoms with Crippen molar-refractivity contribution in [2.75, 3.05) is 6.54 Å². The van der Waals surface area contributed by atoms with E-state index in [1.165, 1.54) is 18.3 Å². The molecule has 2 aromatic heterocycles. The van der Waals surface area contributed by atoms with Gasteiger partial charge in [-0.2, -0.15) is 13.9 Å². The van der Waals surface area contributed by atoms with Gasteiger partial charge in [0.15, 0.2) is 11.6 Å². The van der Waals surface area contributed by atoms with Crippen molar-refractivity contribution in [1.82, 2.24) is 20.1 Å². The van der Waals surface area contributed by atoms with Crippen LogP contribution in [0, 0.1) is 5.82 Å². The maximum atomic E-state index is 13.9. The normalized spacial score (nSPS) is 13.4. The minimum Gasteiger partial charge on any atom is -0.432 e. The summed E-state index contributed by atoms with van der Waals surface area (Å²) < 4.78 is 44.2. The summed E-state index contributed by atoms with van der Waals surface area (Å²) in [6, 6.07) is 7.38. The van der Waals surface area contributed by atoms with Gasteiger partial charge in [-0.3, -0.25) is 9.78 Å². The summed E-state index contributed by atoms with van der Waals surface area (Å²) >= 11 is 0. The maximum absolute atomic E-state index is 13.9. The molecule has 0 saturated carbocycles. The van der Waals surface area contributed by atoms with Crippen molar-refractivity contribution in [3.05, 3.63) is 71.1 Å². The number of amides is 1. The number of alkyl halides is 2. The molecule has 3 heterocycles. The maximum Gasteiger partial charge on any atom is 0.387 e. The second-order valence-corrected chi connectivity index (χ2v) is 6.25. The van der Waals surface area contributed by atoms with Crippen LogP contribution in [0.5, 0.6) is 5.75 Å². The van der Waals surface area contributed by atoms with E-state index >= 15 is 0 Å². The average Bonchev–Trinajstić information content (AvgIpc) is 3.09. The molecule has 1 amide bonds. The molecule has 0 saturated heterocycles. The molecule has 0 atom stereocenters. The van der Waals surface area contributed by atoms with E-state index in [4.69, 9.17) is 0 Å². The highest BCUT2D eigenvalue weighted by atomic mass is 19.3. The number of nitrogens with zero attached hydrogens (tertiary/aromatic N) is 3. The van der Waals surface area contributed by atoms with Crippen LogP contribution in [0.1, 0.15) is 27.3 Å². The van der Waals surface area contributed by atoms with Gasteiger partial charge in [-0.05, 0) is 29.8 Å². The van der Waals surface area contributed by atoms with Gasteiger partial charge in [0, 0.05) is 31.3 Å². The van der Waals surface area contributed by atoms with Crippen molar-refractivity contribution in [2.45, 2.75) is 19.5 Å². The Kier molecular flexibility index (Phi) is 4.72. The van der Waals surface area contributed by atoms with Crippen molar-refractivity contribution in [2.24, 2.45) is 0 Å². The molecular formula is C19H15F3N4O2. The number of nitrogens with one attached hydrogen (secondary N) is 1.